The van der Waals surface area contributed by atoms with Crippen LogP contribution in [0.1, 0.15) is 6.92 Å². The van der Waals surface area contributed by atoms with Gasteiger partial charge in [0.05, 0.1) is 38.2 Å². The fourth-order valence-electron chi connectivity index (χ4n) is 2.45. The molecule has 0 aliphatic carbocycles. The van der Waals surface area contributed by atoms with Crippen molar-refractivity contribution >= 4 is 62.1 Å². The van der Waals surface area contributed by atoms with Crippen LogP contribution in [0.25, 0.3) is 5.69 Å². The number of anilines is 2. The van der Waals surface area contributed by atoms with Crippen molar-refractivity contribution in [2.45, 2.75) is 11.8 Å². The quantitative estimate of drug-likeness (QED) is 0.566. The lowest BCUT2D eigenvalue weighted by Gasteiger charge is -2.11. The molecule has 2 N–H and O–H groups in total. The zero-order chi connectivity index (χ0) is 22.1. The molecule has 1 amide bonds. The second-order valence-electron chi connectivity index (χ2n) is 6.00. The maximum absolute atomic E-state index is 12.6. The largest absolute Gasteiger partial charge is 0.325 e. The molecule has 1 heterocycles. The summed E-state index contributed by atoms with van der Waals surface area (Å²) in [5.41, 5.74) is 0.239. The fourth-order valence-corrected chi connectivity index (χ4v) is 3.98. The predicted molar refractivity (Wildman–Crippen MR) is 116 cm³/mol. The van der Waals surface area contributed by atoms with Crippen molar-refractivity contribution < 1.29 is 13.2 Å². The first kappa shape index (κ1) is 22.1. The summed E-state index contributed by atoms with van der Waals surface area (Å²) in [5, 5.41) is 6.41. The standard InChI is InChI=1S/C18H13Cl3N4O4S/c1-10(26)23-16-7-2-11(8-14(16)19)24-30(28,29)13-5-3-12(4-6-13)25-18(27)17(21)15(20)9-22-25/h2-9,24H,1H3,(H,23,26). The number of hydrogen-bond acceptors (Lipinski definition) is 5. The van der Waals surface area contributed by atoms with Crippen molar-refractivity contribution in [3.05, 3.63) is 74.1 Å². The van der Waals surface area contributed by atoms with Gasteiger partial charge in [-0.1, -0.05) is 34.8 Å². The maximum atomic E-state index is 12.6. The fraction of sp³-hybridized carbons (Fsp3) is 0.0556. The lowest BCUT2D eigenvalue weighted by Crippen LogP contribution is -2.21. The first-order valence-corrected chi connectivity index (χ1v) is 10.8. The Balaban J connectivity index is 1.85. The normalized spacial score (nSPS) is 11.2. The van der Waals surface area contributed by atoms with Gasteiger partial charge < -0.3 is 5.32 Å². The number of halogens is 3. The van der Waals surface area contributed by atoms with Crippen LogP contribution in [0, 0.1) is 0 Å². The zero-order valence-corrected chi connectivity index (χ0v) is 18.3. The van der Waals surface area contributed by atoms with Gasteiger partial charge in [-0.3, -0.25) is 14.3 Å². The second kappa shape index (κ2) is 8.65. The van der Waals surface area contributed by atoms with Crippen molar-refractivity contribution in [2.24, 2.45) is 0 Å². The third-order valence-corrected chi connectivity index (χ3v) is 6.26. The van der Waals surface area contributed by atoms with E-state index in [2.05, 4.69) is 15.1 Å². The van der Waals surface area contributed by atoms with Gasteiger partial charge in [0.1, 0.15) is 5.02 Å². The van der Waals surface area contributed by atoms with E-state index in [1.807, 2.05) is 0 Å². The molecule has 0 atom stereocenters. The molecule has 30 heavy (non-hydrogen) atoms. The minimum atomic E-state index is -3.94. The number of aromatic nitrogens is 2. The van der Waals surface area contributed by atoms with Gasteiger partial charge in [-0.15, -0.1) is 0 Å². The Bertz CT molecular complexity index is 1290. The Morgan fingerprint density at radius 3 is 2.30 bits per heavy atom. The first-order valence-electron chi connectivity index (χ1n) is 8.22. The lowest BCUT2D eigenvalue weighted by molar-refractivity contribution is -0.114. The van der Waals surface area contributed by atoms with E-state index >= 15 is 0 Å². The Hall–Kier alpha value is -2.59. The van der Waals surface area contributed by atoms with Gasteiger partial charge in [-0.2, -0.15) is 9.78 Å². The van der Waals surface area contributed by atoms with Gasteiger partial charge in [0.2, 0.25) is 5.91 Å². The molecule has 12 heteroatoms. The number of rotatable bonds is 5. The molecule has 0 fully saturated rings. The minimum absolute atomic E-state index is 0.0181. The van der Waals surface area contributed by atoms with Crippen molar-refractivity contribution in [3.8, 4) is 5.69 Å². The van der Waals surface area contributed by atoms with Crippen LogP contribution in [0.5, 0.6) is 0 Å². The molecule has 0 saturated carbocycles. The SMILES string of the molecule is CC(=O)Nc1ccc(NS(=O)(=O)c2ccc(-n3ncc(Cl)c(Cl)c3=O)cc2)cc1Cl. The molecule has 0 radical (unpaired) electrons. The van der Waals surface area contributed by atoms with E-state index < -0.39 is 15.6 Å². The van der Waals surface area contributed by atoms with Crippen LogP contribution in [0.4, 0.5) is 11.4 Å². The van der Waals surface area contributed by atoms with E-state index in [0.29, 0.717) is 11.4 Å². The summed E-state index contributed by atoms with van der Waals surface area (Å²) in [7, 11) is -3.94. The molecule has 0 unspecified atom stereocenters. The smallest absolute Gasteiger partial charge is 0.291 e. The van der Waals surface area contributed by atoms with Gasteiger partial charge >= 0.3 is 0 Å². The van der Waals surface area contributed by atoms with Crippen molar-refractivity contribution in [1.82, 2.24) is 9.78 Å². The highest BCUT2D eigenvalue weighted by Crippen LogP contribution is 2.27. The number of sulfonamides is 1. The Labute approximate surface area is 186 Å². The number of amides is 1. The van der Waals surface area contributed by atoms with Crippen LogP contribution >= 0.6 is 34.8 Å². The highest BCUT2D eigenvalue weighted by Gasteiger charge is 2.16. The minimum Gasteiger partial charge on any atom is -0.325 e. The van der Waals surface area contributed by atoms with Gasteiger partial charge in [0, 0.05) is 6.92 Å². The molecule has 8 nitrogen and oxygen atoms in total. The number of benzene rings is 2. The highest BCUT2D eigenvalue weighted by atomic mass is 35.5. The molecule has 1 aromatic heterocycles. The summed E-state index contributed by atoms with van der Waals surface area (Å²) >= 11 is 17.7. The second-order valence-corrected chi connectivity index (χ2v) is 8.87. The van der Waals surface area contributed by atoms with Gasteiger partial charge in [-0.25, -0.2) is 8.42 Å². The highest BCUT2D eigenvalue weighted by molar-refractivity contribution is 7.92. The van der Waals surface area contributed by atoms with E-state index in [0.717, 1.165) is 4.68 Å². The van der Waals surface area contributed by atoms with Crippen molar-refractivity contribution in [3.63, 3.8) is 0 Å². The van der Waals surface area contributed by atoms with Crippen LogP contribution in [-0.4, -0.2) is 24.1 Å². The summed E-state index contributed by atoms with van der Waals surface area (Å²) < 4.78 is 28.7. The number of nitrogens with zero attached hydrogens (tertiary/aromatic N) is 2. The van der Waals surface area contributed by atoms with Crippen LogP contribution in [0.15, 0.2) is 58.4 Å². The number of carbonyl (C=O) groups excluding carboxylic acids is 1. The van der Waals surface area contributed by atoms with E-state index in [1.54, 1.807) is 0 Å². The van der Waals surface area contributed by atoms with Crippen LogP contribution in [-0.2, 0) is 14.8 Å². The average molecular weight is 488 g/mol. The summed E-state index contributed by atoms with van der Waals surface area (Å²) in [6.45, 7) is 1.33. The molecule has 2 aromatic carbocycles. The zero-order valence-electron chi connectivity index (χ0n) is 15.2. The van der Waals surface area contributed by atoms with Crippen LogP contribution in [0.2, 0.25) is 15.1 Å². The van der Waals surface area contributed by atoms with E-state index in [1.165, 1.54) is 55.6 Å². The molecule has 156 valence electrons. The summed E-state index contributed by atoms with van der Waals surface area (Å²) in [6, 6.07) is 9.73. The Morgan fingerprint density at radius 1 is 1.03 bits per heavy atom. The number of carbonyl (C=O) groups is 1. The van der Waals surface area contributed by atoms with Crippen molar-refractivity contribution in [2.75, 3.05) is 10.0 Å². The molecule has 0 saturated heterocycles. The maximum Gasteiger partial charge on any atom is 0.291 e. The van der Waals surface area contributed by atoms with Gasteiger partial charge in [0.15, 0.2) is 0 Å². The number of hydrogen-bond donors (Lipinski definition) is 2. The molecule has 0 bridgehead atoms. The lowest BCUT2D eigenvalue weighted by atomic mass is 10.3. The molecular formula is C18H13Cl3N4O4S. The first-order chi connectivity index (χ1) is 14.1. The third-order valence-electron chi connectivity index (χ3n) is 3.80. The number of nitrogens with one attached hydrogen (secondary N) is 2. The molecule has 0 aliphatic heterocycles. The van der Waals surface area contributed by atoms with Crippen LogP contribution < -0.4 is 15.6 Å². The molecular weight excluding hydrogens is 475 g/mol. The summed E-state index contributed by atoms with van der Waals surface area (Å²) in [4.78, 5) is 23.2. The third kappa shape index (κ3) is 4.76. The van der Waals surface area contributed by atoms with Crippen molar-refractivity contribution in [1.29, 1.82) is 0 Å². The predicted octanol–water partition coefficient (Wildman–Crippen LogP) is 3.95. The molecule has 3 rings (SSSR count). The Kier molecular flexibility index (Phi) is 6.37. The average Bonchev–Trinajstić information content (AvgIpc) is 2.68. The molecule has 0 spiro atoms. The van der Waals surface area contributed by atoms with E-state index in [9.17, 15) is 18.0 Å². The summed E-state index contributed by atoms with van der Waals surface area (Å²) in [6.07, 6.45) is 1.21. The molecule has 3 aromatic rings. The topological polar surface area (TPSA) is 110 Å². The Morgan fingerprint density at radius 2 is 1.70 bits per heavy atom. The molecule has 0 aliphatic rings. The summed E-state index contributed by atoms with van der Waals surface area (Å²) in [5.74, 6) is -0.305. The van der Waals surface area contributed by atoms with E-state index in [-0.39, 0.29) is 31.6 Å². The van der Waals surface area contributed by atoms with Crippen LogP contribution in [0.3, 0.4) is 0 Å². The van der Waals surface area contributed by atoms with E-state index in [4.69, 9.17) is 34.8 Å². The van der Waals surface area contributed by atoms with Gasteiger partial charge in [0.25, 0.3) is 15.6 Å². The monoisotopic (exact) mass is 486 g/mol. The van der Waals surface area contributed by atoms with Gasteiger partial charge in [-0.05, 0) is 42.5 Å².